The van der Waals surface area contributed by atoms with Gasteiger partial charge in [0.1, 0.15) is 5.60 Å². The number of nitrogens with zero attached hydrogens (tertiary/aromatic N) is 1. The molecule has 1 aliphatic heterocycles. The predicted molar refractivity (Wildman–Crippen MR) is 76.5 cm³/mol. The van der Waals surface area contributed by atoms with Crippen LogP contribution in [0.1, 0.15) is 33.6 Å². The SMILES string of the molecule is CC(C)(C)OC(=O)N1CCCC(CN/C=C(/F)C=N)C1. The van der Waals surface area contributed by atoms with E-state index in [0.29, 0.717) is 25.8 Å². The molecule has 0 spiro atoms. The summed E-state index contributed by atoms with van der Waals surface area (Å²) in [5, 5.41) is 9.57. The van der Waals surface area contributed by atoms with Crippen LogP contribution in [0.4, 0.5) is 9.18 Å². The van der Waals surface area contributed by atoms with E-state index in [-0.39, 0.29) is 12.0 Å². The lowest BCUT2D eigenvalue weighted by Crippen LogP contribution is -2.44. The summed E-state index contributed by atoms with van der Waals surface area (Å²) in [6, 6.07) is 0. The predicted octanol–water partition coefficient (Wildman–Crippen LogP) is 2.68. The number of carbonyl (C=O) groups is 1. The normalized spacial score (nSPS) is 20.5. The van der Waals surface area contributed by atoms with Gasteiger partial charge >= 0.3 is 6.09 Å². The molecular formula is C14H24FN3O2. The number of nitrogens with one attached hydrogen (secondary N) is 2. The number of halogens is 1. The molecule has 2 N–H and O–H groups in total. The van der Waals surface area contributed by atoms with Gasteiger partial charge in [-0.1, -0.05) is 0 Å². The zero-order valence-corrected chi connectivity index (χ0v) is 12.4. The van der Waals surface area contributed by atoms with Gasteiger partial charge in [-0.3, -0.25) is 0 Å². The third kappa shape index (κ3) is 6.04. The number of allylic oxidation sites excluding steroid dienone is 1. The first-order valence-corrected chi connectivity index (χ1v) is 6.89. The molecule has 0 aromatic carbocycles. The number of carbonyl (C=O) groups excluding carboxylic acids is 1. The molecule has 1 atom stereocenters. The molecule has 1 fully saturated rings. The minimum atomic E-state index is -0.607. The molecule has 0 aromatic heterocycles. The van der Waals surface area contributed by atoms with Crippen LogP contribution < -0.4 is 5.32 Å². The molecule has 114 valence electrons. The van der Waals surface area contributed by atoms with E-state index in [0.717, 1.165) is 12.8 Å². The summed E-state index contributed by atoms with van der Waals surface area (Å²) < 4.78 is 18.1. The monoisotopic (exact) mass is 285 g/mol. The van der Waals surface area contributed by atoms with Gasteiger partial charge in [0.05, 0.1) is 6.21 Å². The number of hydrogen-bond acceptors (Lipinski definition) is 4. The molecule has 20 heavy (non-hydrogen) atoms. The minimum Gasteiger partial charge on any atom is -0.444 e. The maximum atomic E-state index is 12.7. The van der Waals surface area contributed by atoms with Gasteiger partial charge in [0, 0.05) is 25.8 Å². The van der Waals surface area contributed by atoms with Crippen molar-refractivity contribution < 1.29 is 13.9 Å². The highest BCUT2D eigenvalue weighted by atomic mass is 19.1. The molecule has 1 aliphatic rings. The lowest BCUT2D eigenvalue weighted by Gasteiger charge is -2.34. The Balaban J connectivity index is 2.42. The summed E-state index contributed by atoms with van der Waals surface area (Å²) in [5.74, 6) is -0.337. The summed E-state index contributed by atoms with van der Waals surface area (Å²) in [7, 11) is 0. The molecule has 1 saturated heterocycles. The molecule has 0 aromatic rings. The fourth-order valence-corrected chi connectivity index (χ4v) is 2.09. The van der Waals surface area contributed by atoms with Crippen molar-refractivity contribution in [1.29, 1.82) is 5.41 Å². The maximum absolute atomic E-state index is 12.7. The van der Waals surface area contributed by atoms with Gasteiger partial charge in [-0.05, 0) is 39.5 Å². The van der Waals surface area contributed by atoms with E-state index in [4.69, 9.17) is 10.1 Å². The average molecular weight is 285 g/mol. The fourth-order valence-electron chi connectivity index (χ4n) is 2.09. The van der Waals surface area contributed by atoms with Gasteiger partial charge in [0.2, 0.25) is 0 Å². The van der Waals surface area contributed by atoms with Crippen molar-refractivity contribution in [3.05, 3.63) is 12.0 Å². The van der Waals surface area contributed by atoms with Gasteiger partial charge in [0.15, 0.2) is 5.83 Å². The average Bonchev–Trinajstić information content (AvgIpc) is 2.37. The minimum absolute atomic E-state index is 0.269. The maximum Gasteiger partial charge on any atom is 0.410 e. The fraction of sp³-hybridized carbons (Fsp3) is 0.714. The summed E-state index contributed by atoms with van der Waals surface area (Å²) in [6.07, 6.45) is 3.46. The van der Waals surface area contributed by atoms with Gasteiger partial charge in [-0.2, -0.15) is 0 Å². The van der Waals surface area contributed by atoms with Crippen LogP contribution in [-0.2, 0) is 4.74 Å². The lowest BCUT2D eigenvalue weighted by molar-refractivity contribution is 0.0168. The Morgan fingerprint density at radius 1 is 1.55 bits per heavy atom. The standard InChI is InChI=1S/C14H24FN3O2/c1-14(2,3)20-13(19)18-6-4-5-11(10-18)8-17-9-12(15)7-16/h7,9,11,16-17H,4-6,8,10H2,1-3H3/b12-9+,16-7?. The second-order valence-corrected chi connectivity index (χ2v) is 6.02. The molecule has 1 heterocycles. The Hall–Kier alpha value is -1.59. The molecule has 1 amide bonds. The largest absolute Gasteiger partial charge is 0.444 e. The number of hydrogen-bond donors (Lipinski definition) is 2. The third-order valence-corrected chi connectivity index (χ3v) is 2.96. The molecule has 5 nitrogen and oxygen atoms in total. The van der Waals surface area contributed by atoms with Crippen molar-refractivity contribution in [3.63, 3.8) is 0 Å². The highest BCUT2D eigenvalue weighted by molar-refractivity contribution is 5.72. The Bertz CT molecular complexity index is 377. The quantitative estimate of drug-likeness (QED) is 0.780. The molecule has 0 aliphatic carbocycles. The van der Waals surface area contributed by atoms with Crippen LogP contribution in [0.5, 0.6) is 0 Å². The van der Waals surface area contributed by atoms with Crippen LogP contribution in [0.25, 0.3) is 0 Å². The van der Waals surface area contributed by atoms with Crippen molar-refractivity contribution in [3.8, 4) is 0 Å². The Morgan fingerprint density at radius 3 is 2.85 bits per heavy atom. The van der Waals surface area contributed by atoms with Crippen LogP contribution in [0, 0.1) is 11.3 Å². The van der Waals surface area contributed by atoms with E-state index in [1.165, 1.54) is 6.20 Å². The molecule has 0 bridgehead atoms. The van der Waals surface area contributed by atoms with E-state index in [1.54, 1.807) is 4.90 Å². The molecule has 0 saturated carbocycles. The van der Waals surface area contributed by atoms with E-state index < -0.39 is 11.4 Å². The molecule has 0 radical (unpaired) electrons. The van der Waals surface area contributed by atoms with Crippen molar-refractivity contribution >= 4 is 12.3 Å². The summed E-state index contributed by atoms with van der Waals surface area (Å²) >= 11 is 0. The molecule has 1 unspecified atom stereocenters. The summed E-state index contributed by atoms with van der Waals surface area (Å²) in [4.78, 5) is 13.7. The molecule has 1 rings (SSSR count). The second kappa shape index (κ2) is 7.26. The van der Waals surface area contributed by atoms with Crippen LogP contribution in [0.3, 0.4) is 0 Å². The topological polar surface area (TPSA) is 65.4 Å². The summed E-state index contributed by atoms with van der Waals surface area (Å²) in [5.41, 5.74) is -0.488. The van der Waals surface area contributed by atoms with Crippen molar-refractivity contribution in [2.24, 2.45) is 5.92 Å². The highest BCUT2D eigenvalue weighted by Gasteiger charge is 2.27. The number of ether oxygens (including phenoxy) is 1. The first kappa shape index (κ1) is 16.5. The van der Waals surface area contributed by atoms with Crippen molar-refractivity contribution in [1.82, 2.24) is 10.2 Å². The van der Waals surface area contributed by atoms with Gasteiger partial charge in [0.25, 0.3) is 0 Å². The van der Waals surface area contributed by atoms with Gasteiger partial charge in [-0.15, -0.1) is 0 Å². The van der Waals surface area contributed by atoms with Crippen LogP contribution >= 0.6 is 0 Å². The first-order valence-electron chi connectivity index (χ1n) is 6.89. The first-order chi connectivity index (χ1) is 9.31. The smallest absolute Gasteiger partial charge is 0.410 e. The number of amides is 1. The van der Waals surface area contributed by atoms with E-state index in [9.17, 15) is 9.18 Å². The Morgan fingerprint density at radius 2 is 2.25 bits per heavy atom. The zero-order chi connectivity index (χ0) is 15.2. The highest BCUT2D eigenvalue weighted by Crippen LogP contribution is 2.18. The third-order valence-electron chi connectivity index (χ3n) is 2.96. The summed E-state index contributed by atoms with van der Waals surface area (Å²) in [6.45, 7) is 7.44. The zero-order valence-electron chi connectivity index (χ0n) is 12.4. The van der Waals surface area contributed by atoms with Gasteiger partial charge in [-0.25, -0.2) is 9.18 Å². The van der Waals surface area contributed by atoms with Crippen LogP contribution in [0.15, 0.2) is 12.0 Å². The van der Waals surface area contributed by atoms with Gasteiger partial charge < -0.3 is 20.4 Å². The van der Waals surface area contributed by atoms with E-state index in [1.807, 2.05) is 20.8 Å². The number of piperidine rings is 1. The van der Waals surface area contributed by atoms with E-state index >= 15 is 0 Å². The van der Waals surface area contributed by atoms with E-state index in [2.05, 4.69) is 5.32 Å². The Labute approximate surface area is 119 Å². The van der Waals surface area contributed by atoms with Crippen LogP contribution in [0.2, 0.25) is 0 Å². The molecular weight excluding hydrogens is 261 g/mol. The van der Waals surface area contributed by atoms with Crippen molar-refractivity contribution in [2.45, 2.75) is 39.2 Å². The second-order valence-electron chi connectivity index (χ2n) is 6.02. The lowest BCUT2D eigenvalue weighted by atomic mass is 9.98. The molecule has 6 heteroatoms. The number of rotatable bonds is 4. The Kier molecular flexibility index (Phi) is 5.98. The van der Waals surface area contributed by atoms with Crippen molar-refractivity contribution in [2.75, 3.05) is 19.6 Å². The number of likely N-dealkylation sites (tertiary alicyclic amines) is 1. The van der Waals surface area contributed by atoms with Crippen LogP contribution in [-0.4, -0.2) is 42.4 Å².